The lowest BCUT2D eigenvalue weighted by Crippen LogP contribution is -2.14. The Bertz CT molecular complexity index is 607. The molecule has 6 heteroatoms. The maximum absolute atomic E-state index is 6.20. The molecule has 1 aromatic heterocycles. The minimum absolute atomic E-state index is 0.245. The van der Waals surface area contributed by atoms with Crippen LogP contribution in [0.1, 0.15) is 22.9 Å². The normalized spacial score (nSPS) is 12.7. The van der Waals surface area contributed by atoms with Crippen molar-refractivity contribution in [3.05, 3.63) is 50.2 Å². The largest absolute Gasteiger partial charge is 0.324 e. The smallest absolute Gasteiger partial charge is 0.130 e. The molecule has 0 amide bonds. The molecule has 0 aliphatic rings. The maximum Gasteiger partial charge on any atom is 0.130 e. The van der Waals surface area contributed by atoms with E-state index in [0.717, 1.165) is 16.8 Å². The van der Waals surface area contributed by atoms with Crippen molar-refractivity contribution in [2.24, 2.45) is 12.8 Å². The summed E-state index contributed by atoms with van der Waals surface area (Å²) in [7, 11) is 1.81. The lowest BCUT2D eigenvalue weighted by molar-refractivity contribution is 0.718. The highest BCUT2D eigenvalue weighted by molar-refractivity contribution is 6.35. The SMILES string of the molecule is Cc1nn(C)c(Cl)c1CC(N)c1ccc(Cl)cc1Cl. The Kier molecular flexibility index (Phi) is 4.41. The minimum atomic E-state index is -0.245. The molecule has 2 rings (SSSR count). The molecule has 3 nitrogen and oxygen atoms in total. The number of hydrogen-bond donors (Lipinski definition) is 1. The Morgan fingerprint density at radius 2 is 2.00 bits per heavy atom. The lowest BCUT2D eigenvalue weighted by atomic mass is 10.0. The molecule has 2 aromatic rings. The highest BCUT2D eigenvalue weighted by atomic mass is 35.5. The summed E-state index contributed by atoms with van der Waals surface area (Å²) >= 11 is 18.2. The van der Waals surface area contributed by atoms with Crippen LogP contribution in [0.25, 0.3) is 0 Å². The van der Waals surface area contributed by atoms with E-state index in [2.05, 4.69) is 5.10 Å². The van der Waals surface area contributed by atoms with Gasteiger partial charge in [-0.15, -0.1) is 0 Å². The number of rotatable bonds is 3. The van der Waals surface area contributed by atoms with Crippen molar-refractivity contribution < 1.29 is 0 Å². The first-order valence-electron chi connectivity index (χ1n) is 5.78. The zero-order chi connectivity index (χ0) is 14.2. The van der Waals surface area contributed by atoms with Crippen LogP contribution in [0.2, 0.25) is 15.2 Å². The summed E-state index contributed by atoms with van der Waals surface area (Å²) in [6.45, 7) is 1.91. The number of nitrogens with two attached hydrogens (primary N) is 1. The van der Waals surface area contributed by atoms with Gasteiger partial charge in [0.2, 0.25) is 0 Å². The molecule has 1 aromatic carbocycles. The third-order valence-corrected chi connectivity index (χ3v) is 4.09. The van der Waals surface area contributed by atoms with Crippen LogP contribution in [0.5, 0.6) is 0 Å². The number of halogens is 3. The molecule has 1 heterocycles. The fourth-order valence-electron chi connectivity index (χ4n) is 2.04. The molecular weight excluding hydrogens is 305 g/mol. The molecule has 1 unspecified atom stereocenters. The molecular formula is C13H14Cl3N3. The summed E-state index contributed by atoms with van der Waals surface area (Å²) in [5, 5.41) is 6.04. The molecule has 0 radical (unpaired) electrons. The Morgan fingerprint density at radius 1 is 1.32 bits per heavy atom. The van der Waals surface area contributed by atoms with Crippen LogP contribution in [0.4, 0.5) is 0 Å². The topological polar surface area (TPSA) is 43.8 Å². The molecule has 0 aliphatic heterocycles. The van der Waals surface area contributed by atoms with Gasteiger partial charge in [0.1, 0.15) is 5.15 Å². The van der Waals surface area contributed by atoms with Crippen molar-refractivity contribution in [2.75, 3.05) is 0 Å². The Hall–Kier alpha value is -0.740. The van der Waals surface area contributed by atoms with Crippen LogP contribution < -0.4 is 5.73 Å². The van der Waals surface area contributed by atoms with E-state index in [-0.39, 0.29) is 6.04 Å². The monoisotopic (exact) mass is 317 g/mol. The van der Waals surface area contributed by atoms with Gasteiger partial charge in [-0.2, -0.15) is 5.10 Å². The first-order chi connectivity index (χ1) is 8.90. The van der Waals surface area contributed by atoms with Gasteiger partial charge in [-0.25, -0.2) is 0 Å². The highest BCUT2D eigenvalue weighted by Gasteiger charge is 2.17. The molecule has 1 atom stereocenters. The van der Waals surface area contributed by atoms with Crippen molar-refractivity contribution >= 4 is 34.8 Å². The second kappa shape index (κ2) is 5.71. The van der Waals surface area contributed by atoms with E-state index in [1.165, 1.54) is 0 Å². The van der Waals surface area contributed by atoms with Gasteiger partial charge in [-0.3, -0.25) is 4.68 Å². The number of aryl methyl sites for hydroxylation is 2. The lowest BCUT2D eigenvalue weighted by Gasteiger charge is -2.14. The van der Waals surface area contributed by atoms with Gasteiger partial charge >= 0.3 is 0 Å². The zero-order valence-electron chi connectivity index (χ0n) is 10.6. The van der Waals surface area contributed by atoms with Crippen LogP contribution in [-0.2, 0) is 13.5 Å². The summed E-state index contributed by atoms with van der Waals surface area (Å²) in [5.74, 6) is 0. The van der Waals surface area contributed by atoms with Crippen molar-refractivity contribution in [3.8, 4) is 0 Å². The molecule has 0 aliphatic carbocycles. The summed E-state index contributed by atoms with van der Waals surface area (Å²) < 4.78 is 1.64. The van der Waals surface area contributed by atoms with Gasteiger partial charge in [0.25, 0.3) is 0 Å². The molecule has 2 N–H and O–H groups in total. The molecule has 0 spiro atoms. The fraction of sp³-hybridized carbons (Fsp3) is 0.308. The van der Waals surface area contributed by atoms with Crippen LogP contribution in [-0.4, -0.2) is 9.78 Å². The standard InChI is InChI=1S/C13H14Cl3N3/c1-7-10(13(16)19(2)18-7)6-12(17)9-4-3-8(14)5-11(9)15/h3-5,12H,6,17H2,1-2H3. The van der Waals surface area contributed by atoms with Crippen LogP contribution in [0.15, 0.2) is 18.2 Å². The number of nitrogens with zero attached hydrogens (tertiary/aromatic N) is 2. The van der Waals surface area contributed by atoms with Crippen LogP contribution in [0.3, 0.4) is 0 Å². The number of hydrogen-bond acceptors (Lipinski definition) is 2. The predicted molar refractivity (Wildman–Crippen MR) is 80.0 cm³/mol. The van der Waals surface area contributed by atoms with Gasteiger partial charge in [-0.05, 0) is 31.0 Å². The Balaban J connectivity index is 2.28. The summed E-state index contributed by atoms with van der Waals surface area (Å²) in [6, 6.07) is 5.07. The second-order valence-corrected chi connectivity index (χ2v) is 5.66. The highest BCUT2D eigenvalue weighted by Crippen LogP contribution is 2.29. The van der Waals surface area contributed by atoms with Gasteiger partial charge in [0, 0.05) is 28.7 Å². The van der Waals surface area contributed by atoms with Gasteiger partial charge in [0.05, 0.1) is 5.69 Å². The van der Waals surface area contributed by atoms with Crippen molar-refractivity contribution in [3.63, 3.8) is 0 Å². The Labute approximate surface area is 127 Å². The average molecular weight is 319 g/mol. The van der Waals surface area contributed by atoms with E-state index in [4.69, 9.17) is 40.5 Å². The third kappa shape index (κ3) is 3.06. The molecule has 0 fully saturated rings. The molecule has 0 saturated carbocycles. The van der Waals surface area contributed by atoms with E-state index in [1.54, 1.807) is 23.9 Å². The van der Waals surface area contributed by atoms with Crippen LogP contribution >= 0.6 is 34.8 Å². The fourth-order valence-corrected chi connectivity index (χ4v) is 2.84. The Morgan fingerprint density at radius 3 is 2.53 bits per heavy atom. The minimum Gasteiger partial charge on any atom is -0.324 e. The van der Waals surface area contributed by atoms with E-state index >= 15 is 0 Å². The molecule has 102 valence electrons. The number of benzene rings is 1. The van der Waals surface area contributed by atoms with Gasteiger partial charge < -0.3 is 5.73 Å². The molecule has 0 bridgehead atoms. The summed E-state index contributed by atoms with van der Waals surface area (Å²) in [4.78, 5) is 0. The van der Waals surface area contributed by atoms with Crippen LogP contribution in [0, 0.1) is 6.92 Å². The first-order valence-corrected chi connectivity index (χ1v) is 6.92. The second-order valence-electron chi connectivity index (χ2n) is 4.45. The summed E-state index contributed by atoms with van der Waals surface area (Å²) in [5.41, 5.74) is 8.88. The van der Waals surface area contributed by atoms with E-state index < -0.39 is 0 Å². The van der Waals surface area contributed by atoms with E-state index in [0.29, 0.717) is 21.6 Å². The van der Waals surface area contributed by atoms with Crippen molar-refractivity contribution in [2.45, 2.75) is 19.4 Å². The predicted octanol–water partition coefficient (Wildman–Crippen LogP) is 3.93. The third-order valence-electron chi connectivity index (χ3n) is 3.06. The summed E-state index contributed by atoms with van der Waals surface area (Å²) in [6.07, 6.45) is 0.583. The maximum atomic E-state index is 6.20. The first kappa shape index (κ1) is 14.7. The molecule has 0 saturated heterocycles. The average Bonchev–Trinajstić information content (AvgIpc) is 2.56. The zero-order valence-corrected chi connectivity index (χ0v) is 12.9. The van der Waals surface area contributed by atoms with Crippen molar-refractivity contribution in [1.82, 2.24) is 9.78 Å². The van der Waals surface area contributed by atoms with Crippen molar-refractivity contribution in [1.29, 1.82) is 0 Å². The quantitative estimate of drug-likeness (QED) is 0.932. The van der Waals surface area contributed by atoms with E-state index in [9.17, 15) is 0 Å². The van der Waals surface area contributed by atoms with Gasteiger partial charge in [-0.1, -0.05) is 40.9 Å². The van der Waals surface area contributed by atoms with Gasteiger partial charge in [0.15, 0.2) is 0 Å². The molecule has 19 heavy (non-hydrogen) atoms. The number of aromatic nitrogens is 2. The van der Waals surface area contributed by atoms with E-state index in [1.807, 2.05) is 13.0 Å².